The molecular weight excluding hydrogens is 358 g/mol. The van der Waals surface area contributed by atoms with E-state index in [9.17, 15) is 14.9 Å². The van der Waals surface area contributed by atoms with Crippen LogP contribution >= 0.6 is 0 Å². The molecule has 0 spiro atoms. The molecule has 1 atom stereocenters. The number of para-hydroxylation sites is 1. The summed E-state index contributed by atoms with van der Waals surface area (Å²) in [4.78, 5) is 25.7. The number of nitrogens with zero attached hydrogens (tertiary/aromatic N) is 2. The van der Waals surface area contributed by atoms with Gasteiger partial charge in [0.1, 0.15) is 5.75 Å². The lowest BCUT2D eigenvalue weighted by Gasteiger charge is -2.26. The largest absolute Gasteiger partial charge is 0.493 e. The number of rotatable bonds is 5. The standard InChI is InChI=1S/C21H23N3O4/c25-21(22-13-15-11-16-5-1-2-6-20(16)28-14-15)18-12-17(24(26)27)7-8-19(18)23-9-3-4-10-23/h1-2,5-8,12,15H,3-4,9-11,13-14H2,(H,22,25). The normalized spacial score (nSPS) is 18.3. The number of carbonyl (C=O) groups is 1. The second-order valence-electron chi connectivity index (χ2n) is 7.35. The van der Waals surface area contributed by atoms with Gasteiger partial charge < -0.3 is 15.0 Å². The average molecular weight is 381 g/mol. The van der Waals surface area contributed by atoms with Crippen LogP contribution in [0.15, 0.2) is 42.5 Å². The van der Waals surface area contributed by atoms with E-state index in [0.717, 1.165) is 49.4 Å². The van der Waals surface area contributed by atoms with Crippen molar-refractivity contribution in [1.82, 2.24) is 5.32 Å². The van der Waals surface area contributed by atoms with Crippen molar-refractivity contribution in [3.05, 3.63) is 63.7 Å². The van der Waals surface area contributed by atoms with Crippen molar-refractivity contribution in [2.24, 2.45) is 5.92 Å². The summed E-state index contributed by atoms with van der Waals surface area (Å²) in [6.07, 6.45) is 2.97. The molecule has 0 aliphatic carbocycles. The molecule has 1 N–H and O–H groups in total. The van der Waals surface area contributed by atoms with Gasteiger partial charge in [-0.3, -0.25) is 14.9 Å². The van der Waals surface area contributed by atoms with E-state index >= 15 is 0 Å². The third-order valence-corrected chi connectivity index (χ3v) is 5.39. The fraction of sp³-hybridized carbons (Fsp3) is 0.381. The number of anilines is 1. The minimum Gasteiger partial charge on any atom is -0.493 e. The summed E-state index contributed by atoms with van der Waals surface area (Å²) >= 11 is 0. The first-order chi connectivity index (χ1) is 13.6. The Kier molecular flexibility index (Phi) is 5.14. The number of ether oxygens (including phenoxy) is 1. The first kappa shape index (κ1) is 18.3. The number of nitrogens with one attached hydrogen (secondary N) is 1. The van der Waals surface area contributed by atoms with Crippen LogP contribution in [0.4, 0.5) is 11.4 Å². The highest BCUT2D eigenvalue weighted by molar-refractivity contribution is 6.00. The predicted molar refractivity (Wildman–Crippen MR) is 106 cm³/mol. The molecule has 0 saturated carbocycles. The fourth-order valence-corrected chi connectivity index (χ4v) is 3.91. The molecule has 2 aromatic rings. The van der Waals surface area contributed by atoms with E-state index in [-0.39, 0.29) is 17.5 Å². The lowest BCUT2D eigenvalue weighted by atomic mass is 9.96. The molecule has 4 rings (SSSR count). The van der Waals surface area contributed by atoms with Crippen molar-refractivity contribution in [3.8, 4) is 5.75 Å². The van der Waals surface area contributed by atoms with Gasteiger partial charge in [0.05, 0.1) is 22.8 Å². The molecule has 0 aromatic heterocycles. The summed E-state index contributed by atoms with van der Waals surface area (Å²) < 4.78 is 5.78. The van der Waals surface area contributed by atoms with Gasteiger partial charge in [-0.25, -0.2) is 0 Å². The Labute approximate surface area is 163 Å². The number of hydrogen-bond acceptors (Lipinski definition) is 5. The molecule has 28 heavy (non-hydrogen) atoms. The van der Waals surface area contributed by atoms with Crippen LogP contribution < -0.4 is 15.0 Å². The minimum absolute atomic E-state index is 0.0666. The molecular formula is C21H23N3O4. The topological polar surface area (TPSA) is 84.7 Å². The Morgan fingerprint density at radius 3 is 2.79 bits per heavy atom. The van der Waals surface area contributed by atoms with Gasteiger partial charge in [0.2, 0.25) is 0 Å². The molecule has 146 valence electrons. The Hall–Kier alpha value is -3.09. The molecule has 2 aromatic carbocycles. The van der Waals surface area contributed by atoms with Crippen molar-refractivity contribution in [3.63, 3.8) is 0 Å². The molecule has 2 heterocycles. The van der Waals surface area contributed by atoms with E-state index in [4.69, 9.17) is 4.74 Å². The summed E-state index contributed by atoms with van der Waals surface area (Å²) in [6, 6.07) is 12.5. The molecule has 1 unspecified atom stereocenters. The SMILES string of the molecule is O=C(NCC1COc2ccccc2C1)c1cc([N+](=O)[O-])ccc1N1CCCC1. The number of carbonyl (C=O) groups excluding carboxylic acids is 1. The summed E-state index contributed by atoms with van der Waals surface area (Å²) in [5.74, 6) is 0.803. The molecule has 7 nitrogen and oxygen atoms in total. The zero-order chi connectivity index (χ0) is 19.5. The van der Waals surface area contributed by atoms with Crippen molar-refractivity contribution in [2.45, 2.75) is 19.3 Å². The summed E-state index contributed by atoms with van der Waals surface area (Å²) in [5, 5.41) is 14.1. The smallest absolute Gasteiger partial charge is 0.270 e. The van der Waals surface area contributed by atoms with E-state index in [1.54, 1.807) is 6.07 Å². The minimum atomic E-state index is -0.462. The summed E-state index contributed by atoms with van der Waals surface area (Å²) in [7, 11) is 0. The third kappa shape index (κ3) is 3.78. The maximum Gasteiger partial charge on any atom is 0.270 e. The fourth-order valence-electron chi connectivity index (χ4n) is 3.91. The van der Waals surface area contributed by atoms with Gasteiger partial charge in [0.25, 0.3) is 11.6 Å². The lowest BCUT2D eigenvalue weighted by Crippen LogP contribution is -2.35. The molecule has 1 amide bonds. The van der Waals surface area contributed by atoms with Crippen LogP contribution in [0.1, 0.15) is 28.8 Å². The highest BCUT2D eigenvalue weighted by Crippen LogP contribution is 2.29. The predicted octanol–water partition coefficient (Wildman–Crippen LogP) is 3.18. The number of nitro benzene ring substituents is 1. The van der Waals surface area contributed by atoms with E-state index in [0.29, 0.717) is 18.7 Å². The molecule has 0 radical (unpaired) electrons. The maximum atomic E-state index is 12.9. The highest BCUT2D eigenvalue weighted by Gasteiger charge is 2.24. The average Bonchev–Trinajstić information content (AvgIpc) is 3.26. The molecule has 2 aliphatic rings. The monoisotopic (exact) mass is 381 g/mol. The zero-order valence-electron chi connectivity index (χ0n) is 15.6. The first-order valence-electron chi connectivity index (χ1n) is 9.64. The summed E-state index contributed by atoms with van der Waals surface area (Å²) in [5.41, 5.74) is 2.21. The Balaban J connectivity index is 1.48. The van der Waals surface area contributed by atoms with Crippen LogP contribution in [-0.2, 0) is 6.42 Å². The molecule has 2 aliphatic heterocycles. The number of amides is 1. The van der Waals surface area contributed by atoms with E-state index in [1.807, 2.05) is 24.3 Å². The van der Waals surface area contributed by atoms with Gasteiger partial charge in [0.15, 0.2) is 0 Å². The van der Waals surface area contributed by atoms with Gasteiger partial charge in [0, 0.05) is 37.7 Å². The third-order valence-electron chi connectivity index (χ3n) is 5.39. The Morgan fingerprint density at radius 1 is 1.21 bits per heavy atom. The van der Waals surface area contributed by atoms with Crippen LogP contribution in [0.2, 0.25) is 0 Å². The van der Waals surface area contributed by atoms with Crippen LogP contribution in [0.5, 0.6) is 5.75 Å². The van der Waals surface area contributed by atoms with Crippen LogP contribution in [0.3, 0.4) is 0 Å². The van der Waals surface area contributed by atoms with Crippen LogP contribution in [-0.4, -0.2) is 37.1 Å². The van der Waals surface area contributed by atoms with Crippen molar-refractivity contribution < 1.29 is 14.5 Å². The van der Waals surface area contributed by atoms with Crippen molar-refractivity contribution in [1.29, 1.82) is 0 Å². The van der Waals surface area contributed by atoms with E-state index in [1.165, 1.54) is 12.1 Å². The van der Waals surface area contributed by atoms with Gasteiger partial charge >= 0.3 is 0 Å². The van der Waals surface area contributed by atoms with Gasteiger partial charge in [-0.1, -0.05) is 18.2 Å². The number of fused-ring (bicyclic) bond motifs is 1. The number of hydrogen-bond donors (Lipinski definition) is 1. The van der Waals surface area contributed by atoms with Crippen molar-refractivity contribution in [2.75, 3.05) is 31.1 Å². The van der Waals surface area contributed by atoms with Gasteiger partial charge in [-0.2, -0.15) is 0 Å². The van der Waals surface area contributed by atoms with Gasteiger partial charge in [-0.15, -0.1) is 0 Å². The number of nitro groups is 1. The van der Waals surface area contributed by atoms with E-state index in [2.05, 4.69) is 10.2 Å². The molecule has 7 heteroatoms. The van der Waals surface area contributed by atoms with Crippen LogP contribution in [0.25, 0.3) is 0 Å². The first-order valence-corrected chi connectivity index (χ1v) is 9.64. The highest BCUT2D eigenvalue weighted by atomic mass is 16.6. The number of non-ortho nitro benzene ring substituents is 1. The summed E-state index contributed by atoms with van der Waals surface area (Å²) in [6.45, 7) is 2.75. The molecule has 0 bridgehead atoms. The zero-order valence-corrected chi connectivity index (χ0v) is 15.6. The van der Waals surface area contributed by atoms with E-state index < -0.39 is 4.92 Å². The molecule has 1 fully saturated rings. The number of benzene rings is 2. The van der Waals surface area contributed by atoms with Gasteiger partial charge in [-0.05, 0) is 37.0 Å². The maximum absolute atomic E-state index is 12.9. The van der Waals surface area contributed by atoms with Crippen LogP contribution in [0, 0.1) is 16.0 Å². The lowest BCUT2D eigenvalue weighted by molar-refractivity contribution is -0.384. The second-order valence-corrected chi connectivity index (χ2v) is 7.35. The Bertz CT molecular complexity index is 893. The molecule has 1 saturated heterocycles. The van der Waals surface area contributed by atoms with Crippen molar-refractivity contribution >= 4 is 17.3 Å². The quantitative estimate of drug-likeness (QED) is 0.635. The Morgan fingerprint density at radius 2 is 2.00 bits per heavy atom. The second kappa shape index (κ2) is 7.88.